The summed E-state index contributed by atoms with van der Waals surface area (Å²) in [5.74, 6) is 0. The summed E-state index contributed by atoms with van der Waals surface area (Å²) in [6.45, 7) is 0. The highest BCUT2D eigenvalue weighted by Crippen LogP contribution is 1.96. The smallest absolute Gasteiger partial charge is 0.229 e. The van der Waals surface area contributed by atoms with Gasteiger partial charge in [0.25, 0.3) is 0 Å². The van der Waals surface area contributed by atoms with Crippen molar-refractivity contribution in [3.8, 4) is 0 Å². The Bertz CT molecular complexity index is 136. The lowest BCUT2D eigenvalue weighted by molar-refractivity contribution is -0.242. The highest BCUT2D eigenvalue weighted by Gasteiger charge is 2.07. The number of nitrogens with one attached hydrogen (secondary N) is 1. The molecule has 0 saturated carbocycles. The second-order valence-corrected chi connectivity index (χ2v) is 1.51. The third-order valence-corrected chi connectivity index (χ3v) is 0.880. The van der Waals surface area contributed by atoms with Gasteiger partial charge in [-0.25, -0.2) is 10.5 Å². The monoisotopic (exact) mass is 129 g/mol. The maximum absolute atomic E-state index is 10.0. The van der Waals surface area contributed by atoms with E-state index in [4.69, 9.17) is 0 Å². The van der Waals surface area contributed by atoms with Crippen LogP contribution in [0.15, 0.2) is 12.4 Å². The molecule has 0 fully saturated rings. The quantitative estimate of drug-likeness (QED) is 0.496. The van der Waals surface area contributed by atoms with Gasteiger partial charge in [-0.1, -0.05) is 0 Å². The van der Waals surface area contributed by atoms with Crippen molar-refractivity contribution < 1.29 is 9.73 Å². The minimum atomic E-state index is 0.636. The Balaban J connectivity index is 2.42. The number of hydrogen-bond donors (Lipinski definition) is 1. The second kappa shape index (κ2) is 2.36. The number of hydrazine groups is 1. The molecule has 1 amide bonds. The van der Waals surface area contributed by atoms with Crippen LogP contribution in [0.2, 0.25) is 0 Å². The molecule has 0 bridgehead atoms. The number of hydroxylamine groups is 2. The van der Waals surface area contributed by atoms with Gasteiger partial charge >= 0.3 is 0 Å². The molecular weight excluding hydrogens is 122 g/mol. The van der Waals surface area contributed by atoms with Gasteiger partial charge in [-0.05, 0) is 0 Å². The molecule has 5 heteroatoms. The lowest BCUT2D eigenvalue weighted by Gasteiger charge is -2.19. The van der Waals surface area contributed by atoms with Crippen LogP contribution in [0.4, 0.5) is 0 Å². The van der Waals surface area contributed by atoms with Gasteiger partial charge in [-0.15, -0.1) is 10.1 Å². The van der Waals surface area contributed by atoms with E-state index in [1.165, 1.54) is 10.2 Å². The van der Waals surface area contributed by atoms with Gasteiger partial charge in [0.2, 0.25) is 6.41 Å². The normalized spacial score (nSPS) is 15.4. The molecule has 0 aromatic carbocycles. The molecule has 5 nitrogen and oxygen atoms in total. The Morgan fingerprint density at radius 2 is 2.67 bits per heavy atom. The van der Waals surface area contributed by atoms with E-state index in [9.17, 15) is 4.79 Å². The number of amides is 1. The fourth-order valence-electron chi connectivity index (χ4n) is 0.425. The number of hydrogen-bond acceptors (Lipinski definition) is 4. The first-order chi connectivity index (χ1) is 4.34. The standard InChI is InChI=1S/C4H7N3O2/c1-6(4-8)7-3-2-5-9-7/h2-5H,1H3. The summed E-state index contributed by atoms with van der Waals surface area (Å²) in [5, 5.41) is 2.50. The van der Waals surface area contributed by atoms with Crippen LogP contribution < -0.4 is 5.48 Å². The van der Waals surface area contributed by atoms with E-state index in [0.717, 1.165) is 0 Å². The maximum atomic E-state index is 10.0. The molecule has 0 aliphatic carbocycles. The van der Waals surface area contributed by atoms with E-state index in [1.54, 1.807) is 19.4 Å². The summed E-state index contributed by atoms with van der Waals surface area (Å²) < 4.78 is 0. The average molecular weight is 129 g/mol. The van der Waals surface area contributed by atoms with Crippen LogP contribution in [-0.4, -0.2) is 23.6 Å². The largest absolute Gasteiger partial charge is 0.277 e. The van der Waals surface area contributed by atoms with Gasteiger partial charge in [0, 0.05) is 13.2 Å². The first-order valence-electron chi connectivity index (χ1n) is 2.41. The third kappa shape index (κ3) is 1.11. The second-order valence-electron chi connectivity index (χ2n) is 1.51. The number of carbonyl (C=O) groups excluding carboxylic acids is 1. The number of rotatable bonds is 2. The van der Waals surface area contributed by atoms with Crippen LogP contribution in [0.1, 0.15) is 0 Å². The molecule has 1 N–H and O–H groups in total. The molecule has 1 heterocycles. The van der Waals surface area contributed by atoms with E-state index >= 15 is 0 Å². The molecule has 0 aromatic rings. The molecule has 0 unspecified atom stereocenters. The third-order valence-electron chi connectivity index (χ3n) is 0.880. The van der Waals surface area contributed by atoms with Gasteiger partial charge in [0.05, 0.1) is 6.20 Å². The fourth-order valence-corrected chi connectivity index (χ4v) is 0.425. The van der Waals surface area contributed by atoms with E-state index in [1.807, 2.05) is 0 Å². The predicted molar refractivity (Wildman–Crippen MR) is 29.0 cm³/mol. The molecule has 0 radical (unpaired) electrons. The molecule has 50 valence electrons. The van der Waals surface area contributed by atoms with Crippen molar-refractivity contribution in [3.05, 3.63) is 12.4 Å². The Hall–Kier alpha value is -1.23. The molecule has 1 aliphatic heterocycles. The van der Waals surface area contributed by atoms with E-state index in [0.29, 0.717) is 6.41 Å². The topological polar surface area (TPSA) is 44.8 Å². The SMILES string of the molecule is CN(C=O)N1C=CNO1. The van der Waals surface area contributed by atoms with Crippen LogP contribution in [-0.2, 0) is 9.73 Å². The zero-order valence-electron chi connectivity index (χ0n) is 4.94. The van der Waals surface area contributed by atoms with Crippen molar-refractivity contribution in [1.29, 1.82) is 0 Å². The molecular formula is C4H7N3O2. The molecule has 1 rings (SSSR count). The number of nitrogens with zero attached hydrogens (tertiary/aromatic N) is 2. The van der Waals surface area contributed by atoms with Crippen molar-refractivity contribution in [2.45, 2.75) is 0 Å². The number of carbonyl (C=O) groups is 1. The van der Waals surface area contributed by atoms with Crippen molar-refractivity contribution in [2.24, 2.45) is 0 Å². The van der Waals surface area contributed by atoms with Gasteiger partial charge in [-0.2, -0.15) is 0 Å². The van der Waals surface area contributed by atoms with Crippen molar-refractivity contribution in [1.82, 2.24) is 15.7 Å². The average Bonchev–Trinajstić information content (AvgIpc) is 2.37. The zero-order valence-corrected chi connectivity index (χ0v) is 4.94. The minimum Gasteiger partial charge on any atom is -0.277 e. The Morgan fingerprint density at radius 3 is 3.11 bits per heavy atom. The summed E-state index contributed by atoms with van der Waals surface area (Å²) >= 11 is 0. The molecule has 0 aromatic heterocycles. The first-order valence-corrected chi connectivity index (χ1v) is 2.41. The van der Waals surface area contributed by atoms with Crippen LogP contribution >= 0.6 is 0 Å². The lowest BCUT2D eigenvalue weighted by Crippen LogP contribution is -2.33. The van der Waals surface area contributed by atoms with Crippen molar-refractivity contribution in [3.63, 3.8) is 0 Å². The van der Waals surface area contributed by atoms with Gasteiger partial charge in [0.15, 0.2) is 0 Å². The predicted octanol–water partition coefficient (Wildman–Crippen LogP) is -0.787. The summed E-state index contributed by atoms with van der Waals surface area (Å²) in [4.78, 5) is 14.7. The van der Waals surface area contributed by atoms with E-state index in [-0.39, 0.29) is 0 Å². The van der Waals surface area contributed by atoms with Crippen LogP contribution in [0.5, 0.6) is 0 Å². The highest BCUT2D eigenvalue weighted by molar-refractivity contribution is 5.45. The lowest BCUT2D eigenvalue weighted by atomic mass is 10.9. The summed E-state index contributed by atoms with van der Waals surface area (Å²) in [7, 11) is 1.57. The van der Waals surface area contributed by atoms with Crippen molar-refractivity contribution in [2.75, 3.05) is 7.05 Å². The molecule has 0 spiro atoms. The molecule has 0 saturated heterocycles. The van der Waals surface area contributed by atoms with E-state index < -0.39 is 0 Å². The van der Waals surface area contributed by atoms with Crippen LogP contribution in [0.25, 0.3) is 0 Å². The summed E-state index contributed by atoms with van der Waals surface area (Å²) in [6.07, 6.45) is 3.78. The Kier molecular flexibility index (Phi) is 1.55. The van der Waals surface area contributed by atoms with Crippen LogP contribution in [0, 0.1) is 0 Å². The molecule has 9 heavy (non-hydrogen) atoms. The minimum absolute atomic E-state index is 0.636. The Morgan fingerprint density at radius 1 is 1.89 bits per heavy atom. The van der Waals surface area contributed by atoms with Crippen LogP contribution in [0.3, 0.4) is 0 Å². The van der Waals surface area contributed by atoms with Crippen molar-refractivity contribution >= 4 is 6.41 Å². The van der Waals surface area contributed by atoms with Gasteiger partial charge < -0.3 is 0 Å². The highest BCUT2D eigenvalue weighted by atomic mass is 16.8. The van der Waals surface area contributed by atoms with Gasteiger partial charge in [-0.3, -0.25) is 4.79 Å². The molecule has 0 atom stereocenters. The zero-order chi connectivity index (χ0) is 6.69. The molecule has 1 aliphatic rings. The first kappa shape index (κ1) is 5.90. The summed E-state index contributed by atoms with van der Waals surface area (Å²) in [6, 6.07) is 0. The summed E-state index contributed by atoms with van der Waals surface area (Å²) in [5.41, 5.74) is 2.43. The maximum Gasteiger partial charge on any atom is 0.229 e. The Labute approximate surface area is 52.4 Å². The van der Waals surface area contributed by atoms with Gasteiger partial charge in [0.1, 0.15) is 0 Å². The fraction of sp³-hybridized carbons (Fsp3) is 0.250. The van der Waals surface area contributed by atoms with E-state index in [2.05, 4.69) is 10.4 Å².